The minimum atomic E-state index is 0.0612. The number of hydrogen-bond acceptors (Lipinski definition) is 1. The molecule has 1 nitrogen and oxygen atoms in total. The van der Waals surface area contributed by atoms with Gasteiger partial charge in [0.1, 0.15) is 0 Å². The van der Waals surface area contributed by atoms with E-state index in [0.717, 1.165) is 12.8 Å². The third kappa shape index (κ3) is 4.67. The monoisotopic (exact) mass is 164 g/mol. The summed E-state index contributed by atoms with van der Waals surface area (Å²) >= 11 is 0. The lowest BCUT2D eigenvalue weighted by Crippen LogP contribution is -1.90. The van der Waals surface area contributed by atoms with Gasteiger partial charge >= 0.3 is 0 Å². The predicted molar refractivity (Wildman–Crippen MR) is 53.0 cm³/mol. The molecule has 0 saturated carbocycles. The molecule has 0 N–H and O–H groups in total. The highest BCUT2D eigenvalue weighted by Gasteiger charge is 1.94. The maximum absolute atomic E-state index is 10.9. The van der Waals surface area contributed by atoms with Gasteiger partial charge in [-0.15, -0.1) is 0 Å². The van der Waals surface area contributed by atoms with Gasteiger partial charge < -0.3 is 0 Å². The third-order valence-corrected chi connectivity index (χ3v) is 1.49. The maximum atomic E-state index is 10.9. The number of allylic oxidation sites excluding steroid dienone is 5. The predicted octanol–water partition coefficient (Wildman–Crippen LogP) is 3.04. The van der Waals surface area contributed by atoms with E-state index in [1.165, 1.54) is 0 Å². The van der Waals surface area contributed by atoms with Crippen LogP contribution in [0.1, 0.15) is 26.7 Å². The molecule has 66 valence electrons. The molecule has 12 heavy (non-hydrogen) atoms. The van der Waals surface area contributed by atoms with Gasteiger partial charge in [-0.2, -0.15) is 0 Å². The zero-order valence-corrected chi connectivity index (χ0v) is 7.84. The van der Waals surface area contributed by atoms with Crippen molar-refractivity contribution in [2.45, 2.75) is 26.7 Å². The van der Waals surface area contributed by atoms with Gasteiger partial charge in [0.05, 0.1) is 0 Å². The van der Waals surface area contributed by atoms with Crippen LogP contribution in [0.4, 0.5) is 0 Å². The first kappa shape index (κ1) is 10.9. The van der Waals surface area contributed by atoms with Gasteiger partial charge in [0.25, 0.3) is 0 Å². The topological polar surface area (TPSA) is 17.1 Å². The average Bonchev–Trinajstić information content (AvgIpc) is 2.04. The number of rotatable bonds is 5. The zero-order valence-electron chi connectivity index (χ0n) is 7.84. The Balaban J connectivity index is 4.11. The van der Waals surface area contributed by atoms with Gasteiger partial charge in [-0.1, -0.05) is 44.2 Å². The summed E-state index contributed by atoms with van der Waals surface area (Å²) in [5, 5.41) is 0. The SMILES string of the molecule is C=C/C(=C\C=C/CCC)C(C)=O. The van der Waals surface area contributed by atoms with Crippen molar-refractivity contribution in [1.82, 2.24) is 0 Å². The molecule has 0 amide bonds. The van der Waals surface area contributed by atoms with Gasteiger partial charge in [0.15, 0.2) is 5.78 Å². The summed E-state index contributed by atoms with van der Waals surface area (Å²) in [5.41, 5.74) is 0.669. The van der Waals surface area contributed by atoms with Crippen molar-refractivity contribution in [3.63, 3.8) is 0 Å². The summed E-state index contributed by atoms with van der Waals surface area (Å²) in [7, 11) is 0. The van der Waals surface area contributed by atoms with Crippen molar-refractivity contribution in [3.8, 4) is 0 Å². The molecule has 0 heterocycles. The smallest absolute Gasteiger partial charge is 0.159 e. The Morgan fingerprint density at radius 3 is 2.58 bits per heavy atom. The minimum absolute atomic E-state index is 0.0612. The molecule has 0 aromatic rings. The van der Waals surface area contributed by atoms with Gasteiger partial charge in [-0.05, 0) is 13.3 Å². The number of ketones is 1. The van der Waals surface area contributed by atoms with Crippen LogP contribution in [0.3, 0.4) is 0 Å². The lowest BCUT2D eigenvalue weighted by Gasteiger charge is -1.90. The number of Topliss-reactive ketones (excluding diaryl/α,β-unsaturated/α-hetero) is 1. The highest BCUT2D eigenvalue weighted by atomic mass is 16.1. The summed E-state index contributed by atoms with van der Waals surface area (Å²) in [6, 6.07) is 0. The normalized spacial score (nSPS) is 12.0. The van der Waals surface area contributed by atoms with Gasteiger partial charge in [0.2, 0.25) is 0 Å². The molecule has 0 unspecified atom stereocenters. The van der Waals surface area contributed by atoms with Crippen LogP contribution in [0.5, 0.6) is 0 Å². The van der Waals surface area contributed by atoms with Crippen molar-refractivity contribution in [2.75, 3.05) is 0 Å². The second-order valence-electron chi connectivity index (χ2n) is 2.60. The number of carbonyl (C=O) groups is 1. The molecular formula is C11H16O. The molecule has 0 fully saturated rings. The van der Waals surface area contributed by atoms with Crippen LogP contribution in [0, 0.1) is 0 Å². The van der Waals surface area contributed by atoms with E-state index in [-0.39, 0.29) is 5.78 Å². The van der Waals surface area contributed by atoms with Gasteiger partial charge in [-0.3, -0.25) is 4.79 Å². The second-order valence-corrected chi connectivity index (χ2v) is 2.60. The number of unbranched alkanes of at least 4 members (excludes halogenated alkanes) is 1. The Morgan fingerprint density at radius 2 is 2.17 bits per heavy atom. The molecular weight excluding hydrogens is 148 g/mol. The quantitative estimate of drug-likeness (QED) is 0.451. The van der Waals surface area contributed by atoms with E-state index in [1.807, 2.05) is 12.2 Å². The molecule has 0 saturated heterocycles. The van der Waals surface area contributed by atoms with E-state index in [2.05, 4.69) is 13.5 Å². The third-order valence-electron chi connectivity index (χ3n) is 1.49. The lowest BCUT2D eigenvalue weighted by molar-refractivity contribution is -0.113. The van der Waals surface area contributed by atoms with E-state index < -0.39 is 0 Å². The molecule has 0 bridgehead atoms. The summed E-state index contributed by atoms with van der Waals surface area (Å²) in [4.78, 5) is 10.9. The van der Waals surface area contributed by atoms with E-state index >= 15 is 0 Å². The molecule has 0 spiro atoms. The highest BCUT2D eigenvalue weighted by molar-refractivity contribution is 5.96. The number of carbonyl (C=O) groups excluding carboxylic acids is 1. The Hall–Kier alpha value is -1.11. The Labute approximate surface area is 74.5 Å². The van der Waals surface area contributed by atoms with Crippen molar-refractivity contribution < 1.29 is 4.79 Å². The van der Waals surface area contributed by atoms with E-state index in [4.69, 9.17) is 0 Å². The first-order valence-corrected chi connectivity index (χ1v) is 4.22. The van der Waals surface area contributed by atoms with Crippen LogP contribution in [0.2, 0.25) is 0 Å². The van der Waals surface area contributed by atoms with E-state index in [1.54, 1.807) is 19.1 Å². The fourth-order valence-corrected chi connectivity index (χ4v) is 0.764. The molecule has 0 rings (SSSR count). The summed E-state index contributed by atoms with van der Waals surface area (Å²) < 4.78 is 0. The molecule has 1 heteroatoms. The minimum Gasteiger partial charge on any atom is -0.295 e. The van der Waals surface area contributed by atoms with Crippen LogP contribution in [0.25, 0.3) is 0 Å². The van der Waals surface area contributed by atoms with E-state index in [9.17, 15) is 4.79 Å². The summed E-state index contributed by atoms with van der Waals surface area (Å²) in [6.45, 7) is 7.22. The van der Waals surface area contributed by atoms with Crippen LogP contribution in [-0.4, -0.2) is 5.78 Å². The van der Waals surface area contributed by atoms with Crippen LogP contribution in [-0.2, 0) is 4.79 Å². The molecule has 0 aromatic carbocycles. The zero-order chi connectivity index (χ0) is 9.40. The largest absolute Gasteiger partial charge is 0.295 e. The Kier molecular flexibility index (Phi) is 5.98. The molecule has 0 aliphatic rings. The highest BCUT2D eigenvalue weighted by Crippen LogP contribution is 1.98. The van der Waals surface area contributed by atoms with Crippen molar-refractivity contribution in [3.05, 3.63) is 36.5 Å². The Morgan fingerprint density at radius 1 is 1.50 bits per heavy atom. The summed E-state index contributed by atoms with van der Waals surface area (Å²) in [5.74, 6) is 0.0612. The number of hydrogen-bond donors (Lipinski definition) is 0. The average molecular weight is 164 g/mol. The standard InChI is InChI=1S/C11H16O/c1-4-6-7-8-9-11(5-2)10(3)12/h5,7-9H,2,4,6H2,1,3H3/b8-7-,11-9+. The molecule has 0 aliphatic heterocycles. The summed E-state index contributed by atoms with van der Waals surface area (Å²) in [6.07, 6.45) is 9.52. The first-order chi connectivity index (χ1) is 5.72. The van der Waals surface area contributed by atoms with Crippen LogP contribution in [0.15, 0.2) is 36.5 Å². The molecule has 0 radical (unpaired) electrons. The molecule has 0 atom stereocenters. The Bertz CT molecular complexity index is 209. The lowest BCUT2D eigenvalue weighted by atomic mass is 10.1. The first-order valence-electron chi connectivity index (χ1n) is 4.22. The van der Waals surface area contributed by atoms with Gasteiger partial charge in [-0.25, -0.2) is 0 Å². The van der Waals surface area contributed by atoms with E-state index in [0.29, 0.717) is 5.57 Å². The van der Waals surface area contributed by atoms with Crippen molar-refractivity contribution >= 4 is 5.78 Å². The van der Waals surface area contributed by atoms with Gasteiger partial charge in [0, 0.05) is 5.57 Å². The van der Waals surface area contributed by atoms with Crippen LogP contribution < -0.4 is 0 Å². The van der Waals surface area contributed by atoms with Crippen molar-refractivity contribution in [1.29, 1.82) is 0 Å². The van der Waals surface area contributed by atoms with Crippen LogP contribution >= 0.6 is 0 Å². The fraction of sp³-hybridized carbons (Fsp3) is 0.364. The fourth-order valence-electron chi connectivity index (χ4n) is 0.764. The molecule has 0 aliphatic carbocycles. The molecule has 0 aromatic heterocycles. The second kappa shape index (κ2) is 6.59. The van der Waals surface area contributed by atoms with Crippen molar-refractivity contribution in [2.24, 2.45) is 0 Å². The maximum Gasteiger partial charge on any atom is 0.159 e.